The zero-order valence-corrected chi connectivity index (χ0v) is 12.4. The third kappa shape index (κ3) is 2.76. The summed E-state index contributed by atoms with van der Waals surface area (Å²) in [6.45, 7) is 3.29. The van der Waals surface area contributed by atoms with E-state index < -0.39 is 11.3 Å². The van der Waals surface area contributed by atoms with Gasteiger partial charge in [-0.05, 0) is 37.5 Å². The Labute approximate surface area is 124 Å². The molecule has 5 heteroatoms. The number of aryl methyl sites for hydroxylation is 1. The first-order valence-corrected chi connectivity index (χ1v) is 7.46. The van der Waals surface area contributed by atoms with Crippen molar-refractivity contribution in [3.05, 3.63) is 29.8 Å². The van der Waals surface area contributed by atoms with Gasteiger partial charge in [0.15, 0.2) is 5.79 Å². The Morgan fingerprint density at radius 3 is 2.43 bits per heavy atom. The molecule has 2 fully saturated rings. The van der Waals surface area contributed by atoms with Gasteiger partial charge in [0.2, 0.25) is 5.91 Å². The lowest BCUT2D eigenvalue weighted by Gasteiger charge is -2.42. The molecule has 1 spiro atoms. The average Bonchev–Trinajstić information content (AvgIpc) is 2.90. The summed E-state index contributed by atoms with van der Waals surface area (Å²) in [7, 11) is 0. The van der Waals surface area contributed by atoms with Crippen LogP contribution in [-0.4, -0.2) is 30.4 Å². The predicted molar refractivity (Wildman–Crippen MR) is 79.8 cm³/mol. The molecule has 21 heavy (non-hydrogen) atoms. The lowest BCUT2D eigenvalue weighted by molar-refractivity contribution is -0.183. The molecule has 1 aromatic rings. The van der Waals surface area contributed by atoms with Crippen molar-refractivity contribution >= 4 is 11.6 Å². The highest BCUT2D eigenvalue weighted by atomic mass is 16.7. The van der Waals surface area contributed by atoms with E-state index in [1.54, 1.807) is 0 Å². The van der Waals surface area contributed by atoms with Crippen molar-refractivity contribution in [1.29, 1.82) is 0 Å². The molecule has 1 saturated carbocycles. The number of nitrogens with one attached hydrogen (secondary N) is 1. The van der Waals surface area contributed by atoms with Gasteiger partial charge >= 0.3 is 0 Å². The number of hydrogen-bond acceptors (Lipinski definition) is 4. The standard InChI is InChI=1S/C16H22N2O3/c1-12-3-2-4-13(11-12)18-15(14(17)19)5-7-16(8-6-15)20-9-10-21-16/h2-4,11,18H,5-10H2,1H3,(H2,17,19). The van der Waals surface area contributed by atoms with Gasteiger partial charge in [0.25, 0.3) is 0 Å². The second kappa shape index (κ2) is 5.31. The van der Waals surface area contributed by atoms with Crippen molar-refractivity contribution in [2.24, 2.45) is 5.73 Å². The lowest BCUT2D eigenvalue weighted by Crippen LogP contribution is -2.55. The third-order valence-corrected chi connectivity index (χ3v) is 4.55. The fourth-order valence-corrected chi connectivity index (χ4v) is 3.28. The van der Waals surface area contributed by atoms with Crippen LogP contribution in [-0.2, 0) is 14.3 Å². The molecular weight excluding hydrogens is 268 g/mol. The zero-order valence-electron chi connectivity index (χ0n) is 12.4. The van der Waals surface area contributed by atoms with Crippen molar-refractivity contribution in [2.45, 2.75) is 43.9 Å². The maximum absolute atomic E-state index is 12.0. The number of amides is 1. The number of carbonyl (C=O) groups excluding carboxylic acids is 1. The summed E-state index contributed by atoms with van der Waals surface area (Å²) in [4.78, 5) is 12.0. The lowest BCUT2D eigenvalue weighted by atomic mass is 9.77. The van der Waals surface area contributed by atoms with Crippen molar-refractivity contribution in [3.8, 4) is 0 Å². The topological polar surface area (TPSA) is 73.6 Å². The van der Waals surface area contributed by atoms with Gasteiger partial charge in [-0.3, -0.25) is 4.79 Å². The van der Waals surface area contributed by atoms with Gasteiger partial charge < -0.3 is 20.5 Å². The molecule has 3 rings (SSSR count). The van der Waals surface area contributed by atoms with Crippen LogP contribution >= 0.6 is 0 Å². The monoisotopic (exact) mass is 290 g/mol. The summed E-state index contributed by atoms with van der Waals surface area (Å²) in [5.41, 5.74) is 7.05. The minimum atomic E-state index is -0.714. The number of carbonyl (C=O) groups is 1. The Morgan fingerprint density at radius 1 is 1.19 bits per heavy atom. The maximum Gasteiger partial charge on any atom is 0.243 e. The van der Waals surface area contributed by atoms with Gasteiger partial charge in [-0.2, -0.15) is 0 Å². The SMILES string of the molecule is Cc1cccc(NC2(C(N)=O)CCC3(CC2)OCCO3)c1. The van der Waals surface area contributed by atoms with Crippen molar-refractivity contribution in [2.75, 3.05) is 18.5 Å². The first-order chi connectivity index (χ1) is 10.0. The summed E-state index contributed by atoms with van der Waals surface area (Å²) in [5.74, 6) is -0.801. The van der Waals surface area contributed by atoms with Crippen LogP contribution in [0.2, 0.25) is 0 Å². The molecule has 0 aromatic heterocycles. The third-order valence-electron chi connectivity index (χ3n) is 4.55. The molecule has 1 aliphatic heterocycles. The molecule has 1 amide bonds. The molecule has 2 aliphatic rings. The van der Waals surface area contributed by atoms with Crippen LogP contribution in [0, 0.1) is 6.92 Å². The Hall–Kier alpha value is -1.59. The van der Waals surface area contributed by atoms with E-state index in [1.165, 1.54) is 0 Å². The molecule has 1 saturated heterocycles. The van der Waals surface area contributed by atoms with Crippen LogP contribution in [0.1, 0.15) is 31.2 Å². The highest BCUT2D eigenvalue weighted by Crippen LogP contribution is 2.41. The highest BCUT2D eigenvalue weighted by Gasteiger charge is 2.49. The number of rotatable bonds is 3. The van der Waals surface area contributed by atoms with Gasteiger partial charge in [0.05, 0.1) is 13.2 Å². The normalized spacial score (nSPS) is 23.1. The molecule has 0 unspecified atom stereocenters. The molecule has 1 aromatic carbocycles. The van der Waals surface area contributed by atoms with Gasteiger partial charge in [-0.1, -0.05) is 12.1 Å². The van der Waals surface area contributed by atoms with E-state index in [9.17, 15) is 4.79 Å². The molecular formula is C16H22N2O3. The molecule has 3 N–H and O–H groups in total. The maximum atomic E-state index is 12.0. The first kappa shape index (κ1) is 14.4. The number of anilines is 1. The van der Waals surface area contributed by atoms with Crippen LogP contribution < -0.4 is 11.1 Å². The van der Waals surface area contributed by atoms with Crippen molar-refractivity contribution in [3.63, 3.8) is 0 Å². The number of ether oxygens (including phenoxy) is 2. The minimum Gasteiger partial charge on any atom is -0.371 e. The van der Waals surface area contributed by atoms with Gasteiger partial charge in [-0.15, -0.1) is 0 Å². The van der Waals surface area contributed by atoms with Crippen molar-refractivity contribution in [1.82, 2.24) is 0 Å². The van der Waals surface area contributed by atoms with E-state index in [0.29, 0.717) is 38.9 Å². The van der Waals surface area contributed by atoms with E-state index in [0.717, 1.165) is 11.3 Å². The van der Waals surface area contributed by atoms with Gasteiger partial charge in [-0.25, -0.2) is 0 Å². The highest BCUT2D eigenvalue weighted by molar-refractivity contribution is 5.88. The molecule has 1 aliphatic carbocycles. The molecule has 5 nitrogen and oxygen atoms in total. The van der Waals surface area contributed by atoms with Gasteiger partial charge in [0, 0.05) is 18.5 Å². The van der Waals surface area contributed by atoms with Crippen LogP contribution in [0.5, 0.6) is 0 Å². The second-order valence-corrected chi connectivity index (χ2v) is 6.05. The van der Waals surface area contributed by atoms with E-state index in [4.69, 9.17) is 15.2 Å². The van der Waals surface area contributed by atoms with E-state index in [1.807, 2.05) is 31.2 Å². The quantitative estimate of drug-likeness (QED) is 0.892. The Balaban J connectivity index is 1.77. The fourth-order valence-electron chi connectivity index (χ4n) is 3.28. The summed E-state index contributed by atoms with van der Waals surface area (Å²) in [6, 6.07) is 7.99. The minimum absolute atomic E-state index is 0.308. The van der Waals surface area contributed by atoms with Crippen LogP contribution in [0.25, 0.3) is 0 Å². The van der Waals surface area contributed by atoms with Crippen molar-refractivity contribution < 1.29 is 14.3 Å². The predicted octanol–water partition coefficient (Wildman–Crippen LogP) is 1.95. The molecule has 0 radical (unpaired) electrons. The largest absolute Gasteiger partial charge is 0.371 e. The average molecular weight is 290 g/mol. The fraction of sp³-hybridized carbons (Fsp3) is 0.562. The molecule has 0 atom stereocenters. The summed E-state index contributed by atoms with van der Waals surface area (Å²) >= 11 is 0. The summed E-state index contributed by atoms with van der Waals surface area (Å²) in [6.07, 6.45) is 2.62. The van der Waals surface area contributed by atoms with Crippen LogP contribution in [0.15, 0.2) is 24.3 Å². The Kier molecular flexibility index (Phi) is 3.63. The summed E-state index contributed by atoms with van der Waals surface area (Å²) in [5, 5.41) is 3.36. The van der Waals surface area contributed by atoms with E-state index >= 15 is 0 Å². The van der Waals surface area contributed by atoms with Crippen LogP contribution in [0.3, 0.4) is 0 Å². The summed E-state index contributed by atoms with van der Waals surface area (Å²) < 4.78 is 11.4. The van der Waals surface area contributed by atoms with Gasteiger partial charge in [0.1, 0.15) is 5.54 Å². The van der Waals surface area contributed by atoms with E-state index in [2.05, 4.69) is 5.32 Å². The molecule has 1 heterocycles. The Morgan fingerprint density at radius 2 is 1.86 bits per heavy atom. The van der Waals surface area contributed by atoms with E-state index in [-0.39, 0.29) is 5.91 Å². The van der Waals surface area contributed by atoms with Crippen LogP contribution in [0.4, 0.5) is 5.69 Å². The second-order valence-electron chi connectivity index (χ2n) is 6.05. The number of benzene rings is 1. The number of hydrogen-bond donors (Lipinski definition) is 2. The molecule has 114 valence electrons. The number of primary amides is 1. The smallest absolute Gasteiger partial charge is 0.243 e. The number of nitrogens with two attached hydrogens (primary N) is 1. The zero-order chi connectivity index (χ0) is 14.9. The Bertz CT molecular complexity index is 528. The first-order valence-electron chi connectivity index (χ1n) is 7.46. The molecule has 0 bridgehead atoms.